The predicted octanol–water partition coefficient (Wildman–Crippen LogP) is 6.38. The van der Waals surface area contributed by atoms with Gasteiger partial charge in [0.1, 0.15) is 0 Å². The third kappa shape index (κ3) is 2.30. The molecule has 0 bridgehead atoms. The molecule has 1 unspecified atom stereocenters. The van der Waals surface area contributed by atoms with Gasteiger partial charge in [-0.15, -0.1) is 0 Å². The van der Waals surface area contributed by atoms with Gasteiger partial charge in [-0.2, -0.15) is 0 Å². The van der Waals surface area contributed by atoms with E-state index in [1.54, 1.807) is 0 Å². The number of rotatable bonds is 2. The summed E-state index contributed by atoms with van der Waals surface area (Å²) < 4.78 is 0. The number of hydrogen-bond donors (Lipinski definition) is 0. The van der Waals surface area contributed by atoms with Crippen molar-refractivity contribution in [1.29, 1.82) is 0 Å². The maximum atomic E-state index is 3.62. The van der Waals surface area contributed by atoms with Gasteiger partial charge >= 0.3 is 0 Å². The van der Waals surface area contributed by atoms with Crippen molar-refractivity contribution in [3.8, 4) is 22.3 Å². The molecule has 1 atom stereocenters. The Morgan fingerprint density at radius 3 is 2.23 bits per heavy atom. The molecule has 0 amide bonds. The molecule has 0 nitrogen and oxygen atoms in total. The molecule has 0 aliphatic heterocycles. The zero-order valence-corrected chi connectivity index (χ0v) is 14.1. The van der Waals surface area contributed by atoms with Crippen LogP contribution < -0.4 is 0 Å². The fourth-order valence-corrected chi connectivity index (χ4v) is 3.57. The molecule has 0 aromatic heterocycles. The lowest BCUT2D eigenvalue weighted by Crippen LogP contribution is -1.86. The summed E-state index contributed by atoms with van der Waals surface area (Å²) >= 11 is 3.62. The SMILES string of the molecule is CC(Br)c1ccc(-c2ccc3c(c2)Cc2ccccc2-3)cc1. The van der Waals surface area contributed by atoms with Crippen LogP contribution in [0.15, 0.2) is 66.7 Å². The molecule has 3 aromatic carbocycles. The quantitative estimate of drug-likeness (QED) is 0.368. The van der Waals surface area contributed by atoms with Gasteiger partial charge in [-0.25, -0.2) is 0 Å². The number of benzene rings is 3. The maximum absolute atomic E-state index is 3.62. The molecule has 0 saturated heterocycles. The fraction of sp³-hybridized carbons (Fsp3) is 0.143. The monoisotopic (exact) mass is 348 g/mol. The Bertz CT molecular complexity index is 829. The minimum atomic E-state index is 0.399. The summed E-state index contributed by atoms with van der Waals surface area (Å²) in [6.07, 6.45) is 1.05. The summed E-state index contributed by atoms with van der Waals surface area (Å²) in [6.45, 7) is 2.15. The maximum Gasteiger partial charge on any atom is 0.0367 e. The largest absolute Gasteiger partial charge is 0.0842 e. The zero-order valence-electron chi connectivity index (χ0n) is 12.5. The second-order valence-electron chi connectivity index (χ2n) is 5.94. The van der Waals surface area contributed by atoms with Gasteiger partial charge in [-0.1, -0.05) is 82.7 Å². The van der Waals surface area contributed by atoms with Crippen molar-refractivity contribution in [1.82, 2.24) is 0 Å². The first-order chi connectivity index (χ1) is 10.7. The van der Waals surface area contributed by atoms with Crippen LogP contribution in [0.2, 0.25) is 0 Å². The molecule has 3 aromatic rings. The van der Waals surface area contributed by atoms with Gasteiger partial charge < -0.3 is 0 Å². The highest BCUT2D eigenvalue weighted by Crippen LogP contribution is 2.38. The lowest BCUT2D eigenvalue weighted by atomic mass is 9.98. The summed E-state index contributed by atoms with van der Waals surface area (Å²) in [5.41, 5.74) is 9.58. The molecule has 0 heterocycles. The van der Waals surface area contributed by atoms with Crippen LogP contribution in [0.25, 0.3) is 22.3 Å². The lowest BCUT2D eigenvalue weighted by molar-refractivity contribution is 1.12. The van der Waals surface area contributed by atoms with Crippen LogP contribution in [-0.4, -0.2) is 0 Å². The Morgan fingerprint density at radius 2 is 1.45 bits per heavy atom. The first-order valence-electron chi connectivity index (χ1n) is 7.68. The lowest BCUT2D eigenvalue weighted by Gasteiger charge is -2.08. The smallest absolute Gasteiger partial charge is 0.0367 e. The Balaban J connectivity index is 1.72. The topological polar surface area (TPSA) is 0 Å². The van der Waals surface area contributed by atoms with E-state index in [0.29, 0.717) is 4.83 Å². The molecule has 0 saturated carbocycles. The third-order valence-electron chi connectivity index (χ3n) is 4.50. The van der Waals surface area contributed by atoms with Crippen LogP contribution in [0.5, 0.6) is 0 Å². The van der Waals surface area contributed by atoms with Crippen LogP contribution in [0.4, 0.5) is 0 Å². The normalized spacial score (nSPS) is 13.5. The highest BCUT2D eigenvalue weighted by atomic mass is 79.9. The van der Waals surface area contributed by atoms with Crippen molar-refractivity contribution < 1.29 is 0 Å². The van der Waals surface area contributed by atoms with Crippen molar-refractivity contribution in [2.45, 2.75) is 18.2 Å². The van der Waals surface area contributed by atoms with Crippen molar-refractivity contribution in [2.24, 2.45) is 0 Å². The van der Waals surface area contributed by atoms with E-state index in [-0.39, 0.29) is 0 Å². The predicted molar refractivity (Wildman–Crippen MR) is 97.5 cm³/mol. The molecule has 1 heteroatoms. The standard InChI is InChI=1S/C21H17Br/c1-14(22)15-6-8-16(9-7-15)17-10-11-21-19(12-17)13-18-4-2-3-5-20(18)21/h2-12,14H,13H2,1H3. The molecule has 0 spiro atoms. The Labute approximate surface area is 140 Å². The summed E-state index contributed by atoms with van der Waals surface area (Å²) in [6, 6.07) is 24.4. The molecule has 0 N–H and O–H groups in total. The van der Waals surface area contributed by atoms with Crippen molar-refractivity contribution in [3.63, 3.8) is 0 Å². The van der Waals surface area contributed by atoms with Crippen LogP contribution in [0, 0.1) is 0 Å². The first-order valence-corrected chi connectivity index (χ1v) is 8.59. The summed E-state index contributed by atoms with van der Waals surface area (Å²) in [5, 5.41) is 0. The van der Waals surface area contributed by atoms with E-state index < -0.39 is 0 Å². The van der Waals surface area contributed by atoms with Gasteiger partial charge in [0.25, 0.3) is 0 Å². The molecule has 0 radical (unpaired) electrons. The summed E-state index contributed by atoms with van der Waals surface area (Å²) in [4.78, 5) is 0.399. The first kappa shape index (κ1) is 13.8. The number of halogens is 1. The minimum Gasteiger partial charge on any atom is -0.0842 e. The second kappa shape index (κ2) is 5.40. The van der Waals surface area contributed by atoms with Gasteiger partial charge in [-0.3, -0.25) is 0 Å². The van der Waals surface area contributed by atoms with E-state index in [4.69, 9.17) is 0 Å². The van der Waals surface area contributed by atoms with E-state index in [1.165, 1.54) is 38.9 Å². The molecule has 22 heavy (non-hydrogen) atoms. The van der Waals surface area contributed by atoms with Crippen molar-refractivity contribution in [2.75, 3.05) is 0 Å². The molecule has 1 aliphatic carbocycles. The van der Waals surface area contributed by atoms with Gasteiger partial charge in [0.2, 0.25) is 0 Å². The molecule has 108 valence electrons. The Kier molecular flexibility index (Phi) is 3.38. The third-order valence-corrected chi connectivity index (χ3v) is 5.03. The second-order valence-corrected chi connectivity index (χ2v) is 7.32. The number of hydrogen-bond acceptors (Lipinski definition) is 0. The van der Waals surface area contributed by atoms with E-state index in [0.717, 1.165) is 6.42 Å². The highest BCUT2D eigenvalue weighted by molar-refractivity contribution is 9.09. The minimum absolute atomic E-state index is 0.399. The molecule has 4 rings (SSSR count). The van der Waals surface area contributed by atoms with Crippen molar-refractivity contribution >= 4 is 15.9 Å². The van der Waals surface area contributed by atoms with E-state index in [9.17, 15) is 0 Å². The van der Waals surface area contributed by atoms with Crippen LogP contribution in [-0.2, 0) is 6.42 Å². The van der Waals surface area contributed by atoms with E-state index in [2.05, 4.69) is 89.6 Å². The average Bonchev–Trinajstić information content (AvgIpc) is 2.92. The Hall–Kier alpha value is -1.86. The summed E-state index contributed by atoms with van der Waals surface area (Å²) in [7, 11) is 0. The zero-order chi connectivity index (χ0) is 15.1. The van der Waals surface area contributed by atoms with Gasteiger partial charge in [0.15, 0.2) is 0 Å². The average molecular weight is 349 g/mol. The van der Waals surface area contributed by atoms with Crippen LogP contribution in [0.3, 0.4) is 0 Å². The molecule has 0 fully saturated rings. The molecule has 1 aliphatic rings. The van der Waals surface area contributed by atoms with Crippen LogP contribution >= 0.6 is 15.9 Å². The molecular formula is C21H17Br. The van der Waals surface area contributed by atoms with Crippen molar-refractivity contribution in [3.05, 3.63) is 83.4 Å². The molecular weight excluding hydrogens is 332 g/mol. The number of alkyl halides is 1. The van der Waals surface area contributed by atoms with Gasteiger partial charge in [-0.05, 0) is 52.3 Å². The summed E-state index contributed by atoms with van der Waals surface area (Å²) in [5.74, 6) is 0. The number of fused-ring (bicyclic) bond motifs is 3. The van der Waals surface area contributed by atoms with Crippen LogP contribution in [0.1, 0.15) is 28.4 Å². The van der Waals surface area contributed by atoms with E-state index >= 15 is 0 Å². The van der Waals surface area contributed by atoms with E-state index in [1.807, 2.05) is 0 Å². The van der Waals surface area contributed by atoms with Gasteiger partial charge in [0.05, 0.1) is 0 Å². The fourth-order valence-electron chi connectivity index (χ4n) is 3.27. The Morgan fingerprint density at radius 1 is 0.773 bits per heavy atom. The highest BCUT2D eigenvalue weighted by Gasteiger charge is 2.18. The van der Waals surface area contributed by atoms with Gasteiger partial charge in [0, 0.05) is 4.83 Å².